The van der Waals surface area contributed by atoms with Gasteiger partial charge in [0.05, 0.1) is 19.8 Å². The molecule has 1 amide bonds. The maximum Gasteiger partial charge on any atom is 0.258 e. The molecule has 3 rings (SSSR count). The summed E-state index contributed by atoms with van der Waals surface area (Å²) in [5.41, 5.74) is 1.95. The van der Waals surface area contributed by atoms with Crippen LogP contribution >= 0.6 is 0 Å². The third-order valence-electron chi connectivity index (χ3n) is 4.17. The minimum atomic E-state index is -0.304. The zero-order valence-electron chi connectivity index (χ0n) is 16.0. The van der Waals surface area contributed by atoms with Crippen LogP contribution in [0.5, 0.6) is 11.5 Å². The summed E-state index contributed by atoms with van der Waals surface area (Å²) in [6, 6.07) is 15.0. The van der Waals surface area contributed by atoms with E-state index < -0.39 is 0 Å². The Morgan fingerprint density at radius 2 is 1.68 bits per heavy atom. The number of anilines is 3. The SMILES string of the molecule is CCN(c1ccccc1)c1ncc(C(=O)Nc2ccc(OC)c(OC)c2)cn1. The summed E-state index contributed by atoms with van der Waals surface area (Å²) in [7, 11) is 3.10. The van der Waals surface area contributed by atoms with E-state index in [0.29, 0.717) is 35.2 Å². The number of carbonyl (C=O) groups is 1. The molecule has 0 saturated carbocycles. The Morgan fingerprint density at radius 3 is 2.29 bits per heavy atom. The van der Waals surface area contributed by atoms with E-state index >= 15 is 0 Å². The molecule has 7 nitrogen and oxygen atoms in total. The summed E-state index contributed by atoms with van der Waals surface area (Å²) in [6.45, 7) is 2.73. The molecule has 1 heterocycles. The summed E-state index contributed by atoms with van der Waals surface area (Å²) in [5, 5.41) is 2.81. The Bertz CT molecular complexity index is 930. The Balaban J connectivity index is 1.75. The Hall–Kier alpha value is -3.61. The first-order chi connectivity index (χ1) is 13.7. The van der Waals surface area contributed by atoms with Crippen LogP contribution in [-0.2, 0) is 0 Å². The Kier molecular flexibility index (Phi) is 6.06. The van der Waals surface area contributed by atoms with E-state index in [9.17, 15) is 4.79 Å². The molecule has 0 fully saturated rings. The Labute approximate surface area is 164 Å². The van der Waals surface area contributed by atoms with E-state index in [1.165, 1.54) is 12.4 Å². The maximum atomic E-state index is 12.5. The molecule has 0 radical (unpaired) electrons. The molecule has 0 saturated heterocycles. The van der Waals surface area contributed by atoms with Gasteiger partial charge < -0.3 is 19.7 Å². The molecule has 0 spiro atoms. The second-order valence-corrected chi connectivity index (χ2v) is 5.88. The van der Waals surface area contributed by atoms with Crippen LogP contribution < -0.4 is 19.7 Å². The van der Waals surface area contributed by atoms with E-state index in [0.717, 1.165) is 5.69 Å². The van der Waals surface area contributed by atoms with Crippen molar-refractivity contribution >= 4 is 23.2 Å². The zero-order valence-corrected chi connectivity index (χ0v) is 16.0. The number of hydrogen-bond donors (Lipinski definition) is 1. The number of methoxy groups -OCH3 is 2. The first kappa shape index (κ1) is 19.2. The van der Waals surface area contributed by atoms with Crippen molar-refractivity contribution in [1.29, 1.82) is 0 Å². The van der Waals surface area contributed by atoms with Crippen molar-refractivity contribution in [1.82, 2.24) is 9.97 Å². The van der Waals surface area contributed by atoms with E-state index in [4.69, 9.17) is 9.47 Å². The number of nitrogens with zero attached hydrogens (tertiary/aromatic N) is 3. The molecule has 28 heavy (non-hydrogen) atoms. The van der Waals surface area contributed by atoms with Crippen molar-refractivity contribution < 1.29 is 14.3 Å². The highest BCUT2D eigenvalue weighted by molar-refractivity contribution is 6.04. The molecule has 2 aromatic carbocycles. The Morgan fingerprint density at radius 1 is 1.00 bits per heavy atom. The number of aromatic nitrogens is 2. The largest absolute Gasteiger partial charge is 0.493 e. The molecule has 0 unspecified atom stereocenters. The third-order valence-corrected chi connectivity index (χ3v) is 4.17. The number of ether oxygens (including phenoxy) is 2. The number of nitrogens with one attached hydrogen (secondary N) is 1. The molecule has 0 atom stereocenters. The average Bonchev–Trinajstić information content (AvgIpc) is 2.75. The van der Waals surface area contributed by atoms with Gasteiger partial charge in [0.2, 0.25) is 5.95 Å². The van der Waals surface area contributed by atoms with Crippen molar-refractivity contribution in [3.8, 4) is 11.5 Å². The van der Waals surface area contributed by atoms with Crippen LogP contribution in [0.2, 0.25) is 0 Å². The second kappa shape index (κ2) is 8.85. The van der Waals surface area contributed by atoms with Gasteiger partial charge in [-0.2, -0.15) is 0 Å². The first-order valence-corrected chi connectivity index (χ1v) is 8.84. The zero-order chi connectivity index (χ0) is 19.9. The lowest BCUT2D eigenvalue weighted by atomic mass is 10.2. The molecule has 0 aliphatic carbocycles. The van der Waals surface area contributed by atoms with Crippen LogP contribution in [0.25, 0.3) is 0 Å². The smallest absolute Gasteiger partial charge is 0.258 e. The summed E-state index contributed by atoms with van der Waals surface area (Å²) in [4.78, 5) is 23.2. The van der Waals surface area contributed by atoms with Gasteiger partial charge in [-0.1, -0.05) is 18.2 Å². The fourth-order valence-electron chi connectivity index (χ4n) is 2.74. The number of rotatable bonds is 7. The monoisotopic (exact) mass is 378 g/mol. The average molecular weight is 378 g/mol. The van der Waals surface area contributed by atoms with Gasteiger partial charge in [0, 0.05) is 36.4 Å². The van der Waals surface area contributed by atoms with E-state index in [1.807, 2.05) is 42.2 Å². The van der Waals surface area contributed by atoms with E-state index in [1.54, 1.807) is 32.4 Å². The highest BCUT2D eigenvalue weighted by atomic mass is 16.5. The quantitative estimate of drug-likeness (QED) is 0.672. The summed E-state index contributed by atoms with van der Waals surface area (Å²) >= 11 is 0. The van der Waals surface area contributed by atoms with Crippen LogP contribution in [0.15, 0.2) is 60.9 Å². The standard InChI is InChI=1S/C21H22N4O3/c1-4-25(17-8-6-5-7-9-17)21-22-13-15(14-23-21)20(26)24-16-10-11-18(27-2)19(12-16)28-3/h5-14H,4H2,1-3H3,(H,24,26). The number of benzene rings is 2. The van der Waals surface area contributed by atoms with Gasteiger partial charge >= 0.3 is 0 Å². The normalized spacial score (nSPS) is 10.2. The van der Waals surface area contributed by atoms with Crippen LogP contribution in [0.1, 0.15) is 17.3 Å². The highest BCUT2D eigenvalue weighted by Gasteiger charge is 2.13. The van der Waals surface area contributed by atoms with Crippen LogP contribution in [0, 0.1) is 0 Å². The molecule has 3 aromatic rings. The number of amides is 1. The van der Waals surface area contributed by atoms with Gasteiger partial charge in [0.1, 0.15) is 0 Å². The van der Waals surface area contributed by atoms with Gasteiger partial charge in [-0.25, -0.2) is 9.97 Å². The predicted molar refractivity (Wildman–Crippen MR) is 109 cm³/mol. The number of hydrogen-bond acceptors (Lipinski definition) is 6. The van der Waals surface area contributed by atoms with Crippen LogP contribution in [0.3, 0.4) is 0 Å². The predicted octanol–water partition coefficient (Wildman–Crippen LogP) is 3.90. The van der Waals surface area contributed by atoms with Gasteiger partial charge in [-0.3, -0.25) is 4.79 Å². The van der Waals surface area contributed by atoms with Crippen molar-refractivity contribution in [2.24, 2.45) is 0 Å². The minimum Gasteiger partial charge on any atom is -0.493 e. The van der Waals surface area contributed by atoms with E-state index in [2.05, 4.69) is 15.3 Å². The van der Waals surface area contributed by atoms with Crippen molar-refractivity contribution in [2.75, 3.05) is 31.0 Å². The molecule has 7 heteroatoms. The molecule has 1 aromatic heterocycles. The van der Waals surface area contributed by atoms with Gasteiger partial charge in [-0.15, -0.1) is 0 Å². The van der Waals surface area contributed by atoms with Crippen molar-refractivity contribution in [3.63, 3.8) is 0 Å². The number of para-hydroxylation sites is 1. The van der Waals surface area contributed by atoms with Gasteiger partial charge in [0.25, 0.3) is 5.91 Å². The van der Waals surface area contributed by atoms with Crippen LogP contribution in [-0.4, -0.2) is 36.6 Å². The van der Waals surface area contributed by atoms with Crippen molar-refractivity contribution in [2.45, 2.75) is 6.92 Å². The summed E-state index contributed by atoms with van der Waals surface area (Å²) in [6.07, 6.45) is 3.04. The lowest BCUT2D eigenvalue weighted by Gasteiger charge is -2.20. The fourth-order valence-corrected chi connectivity index (χ4v) is 2.74. The lowest BCUT2D eigenvalue weighted by Crippen LogP contribution is -2.20. The molecular formula is C21H22N4O3. The fraction of sp³-hybridized carbons (Fsp3) is 0.190. The number of carbonyl (C=O) groups excluding carboxylic acids is 1. The first-order valence-electron chi connectivity index (χ1n) is 8.84. The van der Waals surface area contributed by atoms with Gasteiger partial charge in [-0.05, 0) is 31.2 Å². The van der Waals surface area contributed by atoms with Crippen molar-refractivity contribution in [3.05, 3.63) is 66.5 Å². The molecular weight excluding hydrogens is 356 g/mol. The molecule has 0 aliphatic heterocycles. The second-order valence-electron chi connectivity index (χ2n) is 5.88. The highest BCUT2D eigenvalue weighted by Crippen LogP contribution is 2.30. The van der Waals surface area contributed by atoms with Crippen LogP contribution in [0.4, 0.5) is 17.3 Å². The minimum absolute atomic E-state index is 0.304. The summed E-state index contributed by atoms with van der Waals surface area (Å²) < 4.78 is 10.5. The summed E-state index contributed by atoms with van der Waals surface area (Å²) in [5.74, 6) is 1.36. The molecule has 1 N–H and O–H groups in total. The third kappa shape index (κ3) is 4.20. The molecule has 0 bridgehead atoms. The molecule has 0 aliphatic rings. The van der Waals surface area contributed by atoms with Gasteiger partial charge in [0.15, 0.2) is 11.5 Å². The molecule has 144 valence electrons. The van der Waals surface area contributed by atoms with E-state index in [-0.39, 0.29) is 5.91 Å². The lowest BCUT2D eigenvalue weighted by molar-refractivity contribution is 0.102. The maximum absolute atomic E-state index is 12.5. The topological polar surface area (TPSA) is 76.6 Å².